The molecule has 0 bridgehead atoms. The van der Waals surface area contributed by atoms with E-state index in [1.165, 1.54) is 18.5 Å². The first-order valence-corrected chi connectivity index (χ1v) is 6.74. The van der Waals surface area contributed by atoms with Crippen LogP contribution >= 0.6 is 0 Å². The molecule has 0 aliphatic heterocycles. The lowest BCUT2D eigenvalue weighted by Gasteiger charge is -2.47. The van der Waals surface area contributed by atoms with E-state index in [1.54, 1.807) is 0 Å². The number of benzene rings is 1. The van der Waals surface area contributed by atoms with Gasteiger partial charge < -0.3 is 10.2 Å². The maximum absolute atomic E-state index is 3.66. The fourth-order valence-corrected chi connectivity index (χ4v) is 2.84. The van der Waals surface area contributed by atoms with Crippen molar-refractivity contribution in [1.29, 1.82) is 0 Å². The molecule has 1 aliphatic rings. The van der Waals surface area contributed by atoms with Crippen LogP contribution in [0.3, 0.4) is 0 Å². The first-order chi connectivity index (χ1) is 8.59. The predicted molar refractivity (Wildman–Crippen MR) is 77.7 cm³/mol. The van der Waals surface area contributed by atoms with Gasteiger partial charge in [-0.1, -0.05) is 18.2 Å². The largest absolute Gasteiger partial charge is 0.369 e. The smallest absolute Gasteiger partial charge is 0.0832 e. The predicted octanol–water partition coefficient (Wildman–Crippen LogP) is 2.33. The number of anilines is 1. The van der Waals surface area contributed by atoms with Crippen molar-refractivity contribution in [3.05, 3.63) is 30.3 Å². The molecule has 1 saturated carbocycles. The van der Waals surface area contributed by atoms with Crippen molar-refractivity contribution in [3.8, 4) is 0 Å². The van der Waals surface area contributed by atoms with Crippen LogP contribution < -0.4 is 5.32 Å². The van der Waals surface area contributed by atoms with Crippen molar-refractivity contribution in [3.63, 3.8) is 0 Å². The maximum Gasteiger partial charge on any atom is 0.0832 e. The lowest BCUT2D eigenvalue weighted by molar-refractivity contribution is 0.0502. The van der Waals surface area contributed by atoms with E-state index in [2.05, 4.69) is 73.6 Å². The van der Waals surface area contributed by atoms with Gasteiger partial charge in [0.25, 0.3) is 0 Å². The summed E-state index contributed by atoms with van der Waals surface area (Å²) in [6.45, 7) is 0. The van der Waals surface area contributed by atoms with Crippen molar-refractivity contribution in [1.82, 2.24) is 9.80 Å². The van der Waals surface area contributed by atoms with Gasteiger partial charge in [-0.05, 0) is 53.2 Å². The Hall–Kier alpha value is -1.06. The van der Waals surface area contributed by atoms with Gasteiger partial charge in [0.05, 0.1) is 6.17 Å². The average Bonchev–Trinajstić information content (AvgIpc) is 2.27. The van der Waals surface area contributed by atoms with E-state index < -0.39 is 0 Å². The van der Waals surface area contributed by atoms with Gasteiger partial charge in [0, 0.05) is 17.6 Å². The molecule has 3 nitrogen and oxygen atoms in total. The summed E-state index contributed by atoms with van der Waals surface area (Å²) >= 11 is 0. The van der Waals surface area contributed by atoms with Crippen molar-refractivity contribution in [2.75, 3.05) is 33.5 Å². The summed E-state index contributed by atoms with van der Waals surface area (Å²) in [6.07, 6.45) is 3.04. The molecule has 0 saturated heterocycles. The molecule has 0 radical (unpaired) electrons. The Morgan fingerprint density at radius 1 is 1.06 bits per heavy atom. The number of hydrogen-bond acceptors (Lipinski definition) is 3. The third-order valence-corrected chi connectivity index (χ3v) is 4.00. The average molecular weight is 247 g/mol. The molecule has 100 valence electrons. The summed E-state index contributed by atoms with van der Waals surface area (Å²) < 4.78 is 0. The fourth-order valence-electron chi connectivity index (χ4n) is 2.84. The van der Waals surface area contributed by atoms with Crippen molar-refractivity contribution >= 4 is 5.69 Å². The summed E-state index contributed by atoms with van der Waals surface area (Å²) in [6, 6.07) is 11.2. The molecule has 1 aliphatic carbocycles. The van der Waals surface area contributed by atoms with E-state index >= 15 is 0 Å². The van der Waals surface area contributed by atoms with Gasteiger partial charge in [-0.2, -0.15) is 0 Å². The minimum atomic E-state index is 0.411. The van der Waals surface area contributed by atoms with Gasteiger partial charge in [0.1, 0.15) is 0 Å². The molecule has 0 heterocycles. The van der Waals surface area contributed by atoms with Crippen molar-refractivity contribution in [2.45, 2.75) is 25.0 Å². The monoisotopic (exact) mass is 247 g/mol. The molecule has 18 heavy (non-hydrogen) atoms. The Labute approximate surface area is 111 Å². The molecular formula is C15H25N3. The van der Waals surface area contributed by atoms with Crippen molar-refractivity contribution < 1.29 is 0 Å². The molecule has 3 heteroatoms. The third kappa shape index (κ3) is 2.85. The zero-order chi connectivity index (χ0) is 13.1. The highest BCUT2D eigenvalue weighted by molar-refractivity contribution is 5.43. The molecule has 1 fully saturated rings. The van der Waals surface area contributed by atoms with Crippen LogP contribution in [0.2, 0.25) is 0 Å². The molecule has 1 N–H and O–H groups in total. The molecule has 2 rings (SSSR count). The lowest BCUT2D eigenvalue weighted by Crippen LogP contribution is -2.55. The van der Waals surface area contributed by atoms with Crippen LogP contribution in [0, 0.1) is 5.92 Å². The molecule has 3 atom stereocenters. The number of rotatable bonds is 5. The van der Waals surface area contributed by atoms with Crippen LogP contribution in [0.5, 0.6) is 0 Å². The van der Waals surface area contributed by atoms with Gasteiger partial charge in [-0.15, -0.1) is 0 Å². The van der Waals surface area contributed by atoms with E-state index in [9.17, 15) is 0 Å². The molecule has 0 amide bonds. The van der Waals surface area contributed by atoms with Crippen LogP contribution in [0.15, 0.2) is 30.3 Å². The van der Waals surface area contributed by atoms with Gasteiger partial charge in [0.15, 0.2) is 0 Å². The molecule has 1 aromatic carbocycles. The Bertz CT molecular complexity index is 361. The van der Waals surface area contributed by atoms with Crippen LogP contribution in [-0.4, -0.2) is 50.2 Å². The normalized spacial score (nSPS) is 25.0. The summed E-state index contributed by atoms with van der Waals surface area (Å²) in [5.74, 6) is 0.704. The van der Waals surface area contributed by atoms with Gasteiger partial charge in [0.2, 0.25) is 0 Å². The third-order valence-electron chi connectivity index (χ3n) is 4.00. The highest BCUT2D eigenvalue weighted by Crippen LogP contribution is 2.35. The van der Waals surface area contributed by atoms with Crippen LogP contribution in [0.25, 0.3) is 0 Å². The minimum absolute atomic E-state index is 0.411. The van der Waals surface area contributed by atoms with E-state index in [4.69, 9.17) is 0 Å². The Morgan fingerprint density at radius 3 is 2.17 bits per heavy atom. The second kappa shape index (κ2) is 5.72. The van der Waals surface area contributed by atoms with Crippen molar-refractivity contribution in [2.24, 2.45) is 5.92 Å². The summed E-state index contributed by atoms with van der Waals surface area (Å²) in [5.41, 5.74) is 1.21. The lowest BCUT2D eigenvalue weighted by atomic mass is 9.76. The fraction of sp³-hybridized carbons (Fsp3) is 0.600. The maximum atomic E-state index is 3.66. The highest BCUT2D eigenvalue weighted by Gasteiger charge is 2.39. The molecule has 2 unspecified atom stereocenters. The summed E-state index contributed by atoms with van der Waals surface area (Å²) in [7, 11) is 8.69. The van der Waals surface area contributed by atoms with Crippen LogP contribution in [-0.2, 0) is 0 Å². The Morgan fingerprint density at radius 2 is 1.72 bits per heavy atom. The standard InChI is InChI=1S/C15H25N3/c1-17(2)14-11-10-13(14)15(18(3)4)16-12-8-6-5-7-9-12/h5-9,13-16H,10-11H2,1-4H3/t13-,14?,15?/m0/s1. The molecule has 0 spiro atoms. The Kier molecular flexibility index (Phi) is 4.25. The van der Waals surface area contributed by atoms with E-state index in [1.807, 2.05) is 0 Å². The highest BCUT2D eigenvalue weighted by atomic mass is 15.3. The van der Waals surface area contributed by atoms with Gasteiger partial charge in [-0.3, -0.25) is 4.90 Å². The second-order valence-corrected chi connectivity index (χ2v) is 5.69. The quantitative estimate of drug-likeness (QED) is 0.806. The molecule has 1 aromatic rings. The van der Waals surface area contributed by atoms with Crippen LogP contribution in [0.4, 0.5) is 5.69 Å². The van der Waals surface area contributed by atoms with E-state index in [-0.39, 0.29) is 0 Å². The van der Waals surface area contributed by atoms with Gasteiger partial charge in [-0.25, -0.2) is 0 Å². The SMILES string of the molecule is CN(C)C1CC[C@@H]1C(Nc1ccccc1)N(C)C. The number of nitrogens with zero attached hydrogens (tertiary/aromatic N) is 2. The zero-order valence-electron chi connectivity index (χ0n) is 11.9. The molecule has 0 aromatic heterocycles. The van der Waals surface area contributed by atoms with Crippen LogP contribution in [0.1, 0.15) is 12.8 Å². The Balaban J connectivity index is 2.05. The topological polar surface area (TPSA) is 18.5 Å². The number of nitrogens with one attached hydrogen (secondary N) is 1. The molecular weight excluding hydrogens is 222 g/mol. The zero-order valence-corrected chi connectivity index (χ0v) is 11.9. The number of hydrogen-bond donors (Lipinski definition) is 1. The minimum Gasteiger partial charge on any atom is -0.369 e. The van der Waals surface area contributed by atoms with E-state index in [0.717, 1.165) is 0 Å². The summed E-state index contributed by atoms with van der Waals surface area (Å²) in [5, 5.41) is 3.66. The summed E-state index contributed by atoms with van der Waals surface area (Å²) in [4.78, 5) is 4.66. The first-order valence-electron chi connectivity index (χ1n) is 6.74. The van der Waals surface area contributed by atoms with Gasteiger partial charge >= 0.3 is 0 Å². The second-order valence-electron chi connectivity index (χ2n) is 5.69. The number of para-hydroxylation sites is 1. The van der Waals surface area contributed by atoms with E-state index in [0.29, 0.717) is 18.1 Å². The first kappa shape index (κ1) is 13.4.